The molecule has 2 rings (SSSR count). The largest absolute Gasteiger partial charge is 0.469 e. The van der Waals surface area contributed by atoms with Gasteiger partial charge < -0.3 is 19.5 Å². The number of fused-ring (bicyclic) bond motifs is 1. The van der Waals surface area contributed by atoms with Gasteiger partial charge in [-0.15, -0.1) is 0 Å². The SMILES string of the molecule is CCCCCC(=O)N[C@H](CC(=O)OC)c1ccc2c(c1)OCO2. The second kappa shape index (κ2) is 8.41. The second-order valence-electron chi connectivity index (χ2n) is 5.47. The summed E-state index contributed by atoms with van der Waals surface area (Å²) < 4.78 is 15.4. The number of ether oxygens (including phenoxy) is 3. The predicted molar refractivity (Wildman–Crippen MR) is 84.2 cm³/mol. The summed E-state index contributed by atoms with van der Waals surface area (Å²) in [5.74, 6) is 0.851. The van der Waals surface area contributed by atoms with E-state index in [0.717, 1.165) is 24.8 Å². The summed E-state index contributed by atoms with van der Waals surface area (Å²) >= 11 is 0. The lowest BCUT2D eigenvalue weighted by molar-refractivity contribution is -0.141. The summed E-state index contributed by atoms with van der Waals surface area (Å²) in [6, 6.07) is 4.96. The standard InChI is InChI=1S/C17H23NO5/c1-3-4-5-6-16(19)18-13(10-17(20)21-2)12-7-8-14-15(9-12)23-11-22-14/h7-9,13H,3-6,10-11H2,1-2H3,(H,18,19)/t13-/m1/s1. The zero-order chi connectivity index (χ0) is 16.7. The Labute approximate surface area is 136 Å². The molecule has 0 unspecified atom stereocenters. The molecule has 0 fully saturated rings. The van der Waals surface area contributed by atoms with Gasteiger partial charge in [0.05, 0.1) is 19.6 Å². The summed E-state index contributed by atoms with van der Waals surface area (Å²) in [5.41, 5.74) is 0.795. The van der Waals surface area contributed by atoms with E-state index in [1.165, 1.54) is 7.11 Å². The van der Waals surface area contributed by atoms with Crippen LogP contribution in [0.2, 0.25) is 0 Å². The van der Waals surface area contributed by atoms with Crippen LogP contribution in [-0.4, -0.2) is 25.8 Å². The highest BCUT2D eigenvalue weighted by Gasteiger charge is 2.22. The number of amides is 1. The Balaban J connectivity index is 2.07. The highest BCUT2D eigenvalue weighted by Crippen LogP contribution is 2.34. The van der Waals surface area contributed by atoms with Crippen molar-refractivity contribution in [3.05, 3.63) is 23.8 Å². The fourth-order valence-electron chi connectivity index (χ4n) is 2.43. The van der Waals surface area contributed by atoms with Gasteiger partial charge in [-0.2, -0.15) is 0 Å². The lowest BCUT2D eigenvalue weighted by Gasteiger charge is -2.18. The number of esters is 1. The van der Waals surface area contributed by atoms with Gasteiger partial charge in [-0.3, -0.25) is 9.59 Å². The van der Waals surface area contributed by atoms with Crippen molar-refractivity contribution >= 4 is 11.9 Å². The molecule has 1 N–H and O–H groups in total. The van der Waals surface area contributed by atoms with Gasteiger partial charge in [-0.1, -0.05) is 25.8 Å². The molecule has 1 aliphatic heterocycles. The summed E-state index contributed by atoms with van der Waals surface area (Å²) in [6.45, 7) is 2.27. The van der Waals surface area contributed by atoms with Crippen LogP contribution in [-0.2, 0) is 14.3 Å². The molecule has 0 saturated heterocycles. The van der Waals surface area contributed by atoms with Crippen LogP contribution in [0.1, 0.15) is 50.6 Å². The Bertz CT molecular complexity index is 558. The summed E-state index contributed by atoms with van der Waals surface area (Å²) in [7, 11) is 1.34. The Morgan fingerprint density at radius 2 is 2.04 bits per heavy atom. The summed E-state index contributed by atoms with van der Waals surface area (Å²) in [4.78, 5) is 23.7. The van der Waals surface area contributed by atoms with E-state index < -0.39 is 6.04 Å². The number of benzene rings is 1. The quantitative estimate of drug-likeness (QED) is 0.588. The molecule has 0 radical (unpaired) electrons. The molecule has 0 bridgehead atoms. The minimum absolute atomic E-state index is 0.0648. The molecule has 1 aromatic carbocycles. The van der Waals surface area contributed by atoms with Gasteiger partial charge in [-0.25, -0.2) is 0 Å². The van der Waals surface area contributed by atoms with Crippen molar-refractivity contribution in [2.75, 3.05) is 13.9 Å². The number of methoxy groups -OCH3 is 1. The molecule has 126 valence electrons. The van der Waals surface area contributed by atoms with E-state index in [-0.39, 0.29) is 25.1 Å². The van der Waals surface area contributed by atoms with Gasteiger partial charge in [0.15, 0.2) is 11.5 Å². The van der Waals surface area contributed by atoms with Gasteiger partial charge >= 0.3 is 5.97 Å². The molecule has 0 saturated carbocycles. The van der Waals surface area contributed by atoms with Crippen LogP contribution in [0.25, 0.3) is 0 Å². The smallest absolute Gasteiger partial charge is 0.307 e. The Hall–Kier alpha value is -2.24. The van der Waals surface area contributed by atoms with E-state index in [0.29, 0.717) is 17.9 Å². The highest BCUT2D eigenvalue weighted by molar-refractivity contribution is 5.78. The molecule has 23 heavy (non-hydrogen) atoms. The fourth-order valence-corrected chi connectivity index (χ4v) is 2.43. The number of carbonyl (C=O) groups excluding carboxylic acids is 2. The molecule has 6 heteroatoms. The zero-order valence-corrected chi connectivity index (χ0v) is 13.6. The summed E-state index contributed by atoms with van der Waals surface area (Å²) in [5, 5.41) is 2.91. The third kappa shape index (κ3) is 4.87. The number of rotatable bonds is 8. The molecule has 1 atom stereocenters. The van der Waals surface area contributed by atoms with Crippen molar-refractivity contribution in [2.24, 2.45) is 0 Å². The van der Waals surface area contributed by atoms with Gasteiger partial charge in [0, 0.05) is 6.42 Å². The monoisotopic (exact) mass is 321 g/mol. The molecule has 1 aromatic rings. The maximum absolute atomic E-state index is 12.1. The number of hydrogen-bond acceptors (Lipinski definition) is 5. The van der Waals surface area contributed by atoms with Crippen LogP contribution in [0.5, 0.6) is 11.5 Å². The average Bonchev–Trinajstić information content (AvgIpc) is 3.01. The predicted octanol–water partition coefficient (Wildman–Crippen LogP) is 2.72. The first kappa shape index (κ1) is 17.1. The third-order valence-electron chi connectivity index (χ3n) is 3.74. The maximum atomic E-state index is 12.1. The van der Waals surface area contributed by atoms with Gasteiger partial charge in [0.2, 0.25) is 12.7 Å². The average molecular weight is 321 g/mol. The second-order valence-corrected chi connectivity index (χ2v) is 5.47. The van der Waals surface area contributed by atoms with Crippen molar-refractivity contribution in [3.8, 4) is 11.5 Å². The van der Waals surface area contributed by atoms with Crippen molar-refractivity contribution in [3.63, 3.8) is 0 Å². The molecule has 0 aliphatic carbocycles. The molecule has 1 heterocycles. The third-order valence-corrected chi connectivity index (χ3v) is 3.74. The van der Waals surface area contributed by atoms with E-state index in [1.807, 2.05) is 6.07 Å². The van der Waals surface area contributed by atoms with Crippen molar-refractivity contribution in [1.29, 1.82) is 0 Å². The lowest BCUT2D eigenvalue weighted by atomic mass is 10.0. The Morgan fingerprint density at radius 3 is 2.78 bits per heavy atom. The fraction of sp³-hybridized carbons (Fsp3) is 0.529. The number of unbranched alkanes of at least 4 members (excludes halogenated alkanes) is 2. The molecular formula is C17H23NO5. The van der Waals surface area contributed by atoms with Gasteiger partial charge in [0.1, 0.15) is 0 Å². The van der Waals surface area contributed by atoms with Crippen molar-refractivity contribution in [2.45, 2.75) is 45.1 Å². The van der Waals surface area contributed by atoms with E-state index in [1.54, 1.807) is 12.1 Å². The van der Waals surface area contributed by atoms with E-state index >= 15 is 0 Å². The normalized spacial score (nSPS) is 13.5. The topological polar surface area (TPSA) is 73.9 Å². The maximum Gasteiger partial charge on any atom is 0.307 e. The minimum atomic E-state index is -0.439. The molecule has 0 spiro atoms. The molecule has 1 aliphatic rings. The zero-order valence-electron chi connectivity index (χ0n) is 13.6. The Kier molecular flexibility index (Phi) is 6.26. The first-order valence-electron chi connectivity index (χ1n) is 7.89. The van der Waals surface area contributed by atoms with Crippen LogP contribution in [0, 0.1) is 0 Å². The van der Waals surface area contributed by atoms with Crippen LogP contribution in [0.15, 0.2) is 18.2 Å². The number of hydrogen-bond donors (Lipinski definition) is 1. The molecule has 1 amide bonds. The van der Waals surface area contributed by atoms with E-state index in [4.69, 9.17) is 14.2 Å². The minimum Gasteiger partial charge on any atom is -0.469 e. The number of nitrogens with one attached hydrogen (secondary N) is 1. The first-order chi connectivity index (χ1) is 11.1. The molecule has 0 aromatic heterocycles. The van der Waals surface area contributed by atoms with Crippen LogP contribution in [0.3, 0.4) is 0 Å². The van der Waals surface area contributed by atoms with Gasteiger partial charge in [0.25, 0.3) is 0 Å². The van der Waals surface area contributed by atoms with Gasteiger partial charge in [-0.05, 0) is 24.1 Å². The lowest BCUT2D eigenvalue weighted by Crippen LogP contribution is -2.30. The Morgan fingerprint density at radius 1 is 1.26 bits per heavy atom. The van der Waals surface area contributed by atoms with E-state index in [2.05, 4.69) is 12.2 Å². The first-order valence-corrected chi connectivity index (χ1v) is 7.89. The van der Waals surface area contributed by atoms with E-state index in [9.17, 15) is 9.59 Å². The van der Waals surface area contributed by atoms with Crippen LogP contribution in [0.4, 0.5) is 0 Å². The van der Waals surface area contributed by atoms with Crippen molar-refractivity contribution in [1.82, 2.24) is 5.32 Å². The number of carbonyl (C=O) groups is 2. The summed E-state index contributed by atoms with van der Waals surface area (Å²) in [6.07, 6.45) is 3.44. The molecular weight excluding hydrogens is 298 g/mol. The van der Waals surface area contributed by atoms with Crippen LogP contribution >= 0.6 is 0 Å². The highest BCUT2D eigenvalue weighted by atomic mass is 16.7. The molecule has 6 nitrogen and oxygen atoms in total. The van der Waals surface area contributed by atoms with Crippen LogP contribution < -0.4 is 14.8 Å². The van der Waals surface area contributed by atoms with Crippen molar-refractivity contribution < 1.29 is 23.8 Å².